The lowest BCUT2D eigenvalue weighted by atomic mass is 10.0. The molecule has 3 saturated heterocycles. The number of rotatable bonds is 13. The Kier molecular flexibility index (Phi) is 14.9. The van der Waals surface area contributed by atoms with Crippen molar-refractivity contribution in [1.29, 1.82) is 0 Å². The summed E-state index contributed by atoms with van der Waals surface area (Å²) in [6.07, 6.45) is -3.41. The van der Waals surface area contributed by atoms with Crippen molar-refractivity contribution in [2.45, 2.75) is 81.0 Å². The lowest BCUT2D eigenvalue weighted by molar-refractivity contribution is -0.140. The number of ether oxygens (including phenoxy) is 1. The molecule has 1 unspecified atom stereocenters. The van der Waals surface area contributed by atoms with Gasteiger partial charge in [0.2, 0.25) is 11.8 Å². The lowest BCUT2D eigenvalue weighted by Crippen LogP contribution is -2.48. The zero-order valence-corrected chi connectivity index (χ0v) is 39.1. The first kappa shape index (κ1) is 49.5. The first-order valence-corrected chi connectivity index (χ1v) is 23.4. The quantitative estimate of drug-likeness (QED) is 0.0895. The highest BCUT2D eigenvalue weighted by atomic mass is 19.4. The Hall–Kier alpha value is -7.89. The van der Waals surface area contributed by atoms with E-state index in [1.54, 1.807) is 84.9 Å². The minimum Gasteiger partial charge on any atom is -0.465 e. The SMILES string of the molecule is COC(=O)N[C@H](C(=O)N1CCCC1C(=O)Nc1ccc([C@H]2CC[C@H](c3ccc(NC(=O)[C@@H]4CCCN4C(=O)[C@H](c4ccccc4)N(C)C(=O)O)cc3)N2c2ccc(C(F)(F)F)cc2)cc1)c1ccccc1. The smallest absolute Gasteiger partial charge is 0.416 e. The van der Waals surface area contributed by atoms with Gasteiger partial charge in [-0.1, -0.05) is 84.9 Å². The highest BCUT2D eigenvalue weighted by molar-refractivity contribution is 6.00. The fourth-order valence-corrected chi connectivity index (χ4v) is 9.99. The zero-order valence-electron chi connectivity index (χ0n) is 39.1. The summed E-state index contributed by atoms with van der Waals surface area (Å²) >= 11 is 0. The molecular formula is C53H54F3N7O8. The number of halogens is 3. The van der Waals surface area contributed by atoms with Crippen molar-refractivity contribution in [3.8, 4) is 0 Å². The number of carbonyl (C=O) groups excluding carboxylic acids is 5. The molecule has 3 fully saturated rings. The second-order valence-corrected chi connectivity index (χ2v) is 17.8. The van der Waals surface area contributed by atoms with Crippen molar-refractivity contribution >= 4 is 52.9 Å². The second-order valence-electron chi connectivity index (χ2n) is 17.8. The molecule has 4 N–H and O–H groups in total. The van der Waals surface area contributed by atoms with Crippen LogP contribution < -0.4 is 20.9 Å². The molecule has 0 saturated carbocycles. The van der Waals surface area contributed by atoms with Crippen LogP contribution >= 0.6 is 0 Å². The minimum absolute atomic E-state index is 0.281. The largest absolute Gasteiger partial charge is 0.465 e. The fraction of sp³-hybridized carbons (Fsp3) is 0.321. The molecule has 3 aliphatic heterocycles. The number of carboxylic acid groups (broad SMARTS) is 1. The lowest BCUT2D eigenvalue weighted by Gasteiger charge is -2.34. The van der Waals surface area contributed by atoms with Crippen LogP contribution in [-0.4, -0.2) is 95.0 Å². The van der Waals surface area contributed by atoms with Gasteiger partial charge >= 0.3 is 18.4 Å². The number of nitrogens with one attached hydrogen (secondary N) is 3. The Labute approximate surface area is 408 Å². The van der Waals surface area contributed by atoms with Gasteiger partial charge < -0.3 is 40.5 Å². The highest BCUT2D eigenvalue weighted by Gasteiger charge is 2.42. The van der Waals surface area contributed by atoms with Crippen molar-refractivity contribution in [1.82, 2.24) is 20.0 Å². The van der Waals surface area contributed by atoms with Gasteiger partial charge in [0, 0.05) is 37.2 Å². The van der Waals surface area contributed by atoms with E-state index in [-0.39, 0.29) is 18.6 Å². The molecule has 18 heteroatoms. The maximum absolute atomic E-state index is 14.0. The number of nitrogens with zero attached hydrogens (tertiary/aromatic N) is 4. The number of amides is 6. The average Bonchev–Trinajstić information content (AvgIpc) is 4.18. The van der Waals surface area contributed by atoms with Crippen LogP contribution in [0.5, 0.6) is 0 Å². The summed E-state index contributed by atoms with van der Waals surface area (Å²) in [6.45, 7) is 0.595. The molecule has 0 aliphatic carbocycles. The number of anilines is 3. The van der Waals surface area contributed by atoms with Crippen LogP contribution in [0.15, 0.2) is 133 Å². The fourth-order valence-electron chi connectivity index (χ4n) is 9.99. The average molecular weight is 974 g/mol. The Bertz CT molecular complexity index is 2710. The Morgan fingerprint density at radius 3 is 1.55 bits per heavy atom. The molecule has 71 heavy (non-hydrogen) atoms. The van der Waals surface area contributed by atoms with E-state index in [2.05, 4.69) is 20.9 Å². The van der Waals surface area contributed by atoms with Gasteiger partial charge in [0.05, 0.1) is 24.8 Å². The summed E-state index contributed by atoms with van der Waals surface area (Å²) in [5.41, 5.74) is 3.45. The predicted octanol–water partition coefficient (Wildman–Crippen LogP) is 9.10. The molecule has 5 aromatic carbocycles. The molecule has 6 amide bonds. The van der Waals surface area contributed by atoms with Crippen molar-refractivity contribution in [2.75, 3.05) is 42.8 Å². The van der Waals surface area contributed by atoms with Gasteiger partial charge in [0.25, 0.3) is 11.8 Å². The molecule has 370 valence electrons. The van der Waals surface area contributed by atoms with Crippen LogP contribution in [0.4, 0.5) is 39.8 Å². The summed E-state index contributed by atoms with van der Waals surface area (Å²) in [5, 5.41) is 18.3. The van der Waals surface area contributed by atoms with Crippen molar-refractivity contribution in [3.63, 3.8) is 0 Å². The van der Waals surface area contributed by atoms with Gasteiger partial charge in [-0.05, 0) is 109 Å². The van der Waals surface area contributed by atoms with Crippen molar-refractivity contribution < 1.29 is 51.8 Å². The van der Waals surface area contributed by atoms with Gasteiger partial charge in [0.1, 0.15) is 24.2 Å². The van der Waals surface area contributed by atoms with Crippen molar-refractivity contribution in [3.05, 3.63) is 161 Å². The summed E-state index contributed by atoms with van der Waals surface area (Å²) in [4.78, 5) is 85.7. The molecular weight excluding hydrogens is 920 g/mol. The zero-order chi connectivity index (χ0) is 50.4. The number of hydrogen-bond acceptors (Lipinski definition) is 8. The molecule has 0 bridgehead atoms. The first-order chi connectivity index (χ1) is 34.1. The van der Waals surface area contributed by atoms with E-state index in [9.17, 15) is 47.0 Å². The highest BCUT2D eigenvalue weighted by Crippen LogP contribution is 2.48. The van der Waals surface area contributed by atoms with Crippen LogP contribution in [0, 0.1) is 0 Å². The number of alkyl carbamates (subject to hydrolysis) is 1. The molecule has 0 aromatic heterocycles. The van der Waals surface area contributed by atoms with Gasteiger partial charge in [-0.15, -0.1) is 0 Å². The topological polar surface area (TPSA) is 181 Å². The molecule has 8 rings (SSSR count). The van der Waals surface area contributed by atoms with Gasteiger partial charge in [-0.3, -0.25) is 24.1 Å². The number of methoxy groups -OCH3 is 1. The van der Waals surface area contributed by atoms with Gasteiger partial charge in [0.15, 0.2) is 0 Å². The van der Waals surface area contributed by atoms with E-state index in [4.69, 9.17) is 4.74 Å². The molecule has 15 nitrogen and oxygen atoms in total. The molecule has 5 aromatic rings. The van der Waals surface area contributed by atoms with E-state index in [0.717, 1.165) is 28.2 Å². The summed E-state index contributed by atoms with van der Waals surface area (Å²) in [7, 11) is 2.53. The third-order valence-corrected chi connectivity index (χ3v) is 13.5. The second kappa shape index (κ2) is 21.4. The first-order valence-electron chi connectivity index (χ1n) is 23.4. The van der Waals surface area contributed by atoms with Crippen LogP contribution in [0.2, 0.25) is 0 Å². The van der Waals surface area contributed by atoms with E-state index in [0.29, 0.717) is 73.3 Å². The number of carbonyl (C=O) groups is 6. The van der Waals surface area contributed by atoms with E-state index in [1.165, 1.54) is 36.1 Å². The summed E-state index contributed by atoms with van der Waals surface area (Å²) < 4.78 is 46.0. The molecule has 0 spiro atoms. The maximum atomic E-state index is 14.0. The predicted molar refractivity (Wildman–Crippen MR) is 258 cm³/mol. The monoisotopic (exact) mass is 973 g/mol. The number of likely N-dealkylation sites (N-methyl/N-ethyl adjacent to an activating group) is 1. The van der Waals surface area contributed by atoms with Gasteiger partial charge in [-0.2, -0.15) is 13.2 Å². The third-order valence-electron chi connectivity index (χ3n) is 13.5. The van der Waals surface area contributed by atoms with Crippen molar-refractivity contribution in [2.24, 2.45) is 0 Å². The number of likely N-dealkylation sites (tertiary alicyclic amines) is 2. The maximum Gasteiger partial charge on any atom is 0.416 e. The molecule has 3 heterocycles. The minimum atomic E-state index is -4.53. The molecule has 3 aliphatic rings. The Balaban J connectivity index is 0.971. The normalized spacial score (nSPS) is 19.6. The van der Waals surface area contributed by atoms with Crippen LogP contribution in [-0.2, 0) is 30.1 Å². The molecule has 6 atom stereocenters. The van der Waals surface area contributed by atoms with Gasteiger partial charge in [-0.25, -0.2) is 9.59 Å². The summed E-state index contributed by atoms with van der Waals surface area (Å²) in [5.74, 6) is -1.76. The number of alkyl halides is 3. The summed E-state index contributed by atoms with van der Waals surface area (Å²) in [6, 6.07) is 32.3. The van der Waals surface area contributed by atoms with E-state index >= 15 is 0 Å². The van der Waals surface area contributed by atoms with E-state index < -0.39 is 71.7 Å². The third kappa shape index (κ3) is 11.0. The number of benzene rings is 5. The standard InChI is InChI=1S/C53H54F3N7O8/c1-60(52(69)70)46(36-13-7-4-8-14-36)50(67)62-32-10-16-44(62)48(65)58-39-25-19-34(20-26-39)42-30-29-41(63(42)40-27-21-37(22-28-40)53(54,55)56)33-17-23-38(24-18-33)57-47(64)43-15-9-31-61(43)49(66)45(59-51(68)71-2)35-11-5-3-6-12-35/h3-8,11-14,17-28,41-46H,9-10,15-16,29-32H2,1-2H3,(H,57,64)(H,58,65)(H,59,68)(H,69,70)/t41-,42-,43?,44+,45+,46+/m1/s1. The van der Waals surface area contributed by atoms with Crippen LogP contribution in [0.1, 0.15) is 90.5 Å². The Morgan fingerprint density at radius 2 is 1.10 bits per heavy atom. The van der Waals surface area contributed by atoms with Crippen LogP contribution in [0.25, 0.3) is 0 Å². The Morgan fingerprint density at radius 1 is 0.634 bits per heavy atom. The molecule has 0 radical (unpaired) electrons. The van der Waals surface area contributed by atoms with E-state index in [1.807, 2.05) is 24.3 Å². The van der Waals surface area contributed by atoms with Crippen LogP contribution in [0.3, 0.4) is 0 Å². The number of hydrogen-bond donors (Lipinski definition) is 4.